The van der Waals surface area contributed by atoms with Crippen molar-refractivity contribution in [3.8, 4) is 0 Å². The Morgan fingerprint density at radius 2 is 1.76 bits per heavy atom. The molecule has 0 bridgehead atoms. The van der Waals surface area contributed by atoms with Gasteiger partial charge >= 0.3 is 0 Å². The highest BCUT2D eigenvalue weighted by molar-refractivity contribution is 5.76. The molecule has 0 fully saturated rings. The molecule has 1 amide bonds. The molecular weight excluding hydrogens is 210 g/mol. The van der Waals surface area contributed by atoms with Gasteiger partial charge in [0.2, 0.25) is 5.91 Å². The Morgan fingerprint density at radius 1 is 1.18 bits per heavy atom. The second-order valence-corrected chi connectivity index (χ2v) is 4.55. The minimum atomic E-state index is 0.152. The maximum atomic E-state index is 11.6. The van der Waals surface area contributed by atoms with Gasteiger partial charge in [0.15, 0.2) is 0 Å². The quantitative estimate of drug-likeness (QED) is 0.803. The molecule has 0 radical (unpaired) electrons. The van der Waals surface area contributed by atoms with Crippen molar-refractivity contribution in [3.63, 3.8) is 0 Å². The number of rotatable bonds is 6. The molecule has 0 aliphatic heterocycles. The molecule has 94 valence electrons. The highest BCUT2D eigenvalue weighted by Gasteiger charge is 2.05. The Kier molecular flexibility index (Phi) is 5.75. The molecule has 0 spiro atoms. The van der Waals surface area contributed by atoms with Crippen LogP contribution in [0, 0.1) is 0 Å². The van der Waals surface area contributed by atoms with Crippen molar-refractivity contribution in [3.05, 3.63) is 35.4 Å². The molecule has 0 aromatic heterocycles. The molecule has 2 nitrogen and oxygen atoms in total. The predicted molar refractivity (Wildman–Crippen MR) is 72.0 cm³/mol. The molecule has 1 aromatic rings. The SMILES string of the molecule is CCc1ccc(CCC(=O)N[C@H](C)CC)cc1. The molecule has 1 atom stereocenters. The number of nitrogens with one attached hydrogen (secondary N) is 1. The first-order valence-corrected chi connectivity index (χ1v) is 6.52. The molecule has 0 heterocycles. The van der Waals surface area contributed by atoms with Crippen molar-refractivity contribution in [2.75, 3.05) is 0 Å². The number of carbonyl (C=O) groups excluding carboxylic acids is 1. The molecule has 17 heavy (non-hydrogen) atoms. The Labute approximate surface area is 104 Å². The number of benzene rings is 1. The largest absolute Gasteiger partial charge is 0.354 e. The number of carbonyl (C=O) groups is 1. The Hall–Kier alpha value is -1.31. The first kappa shape index (κ1) is 13.8. The van der Waals surface area contributed by atoms with Gasteiger partial charge in [0, 0.05) is 12.5 Å². The topological polar surface area (TPSA) is 29.1 Å². The average Bonchev–Trinajstić information content (AvgIpc) is 2.36. The average molecular weight is 233 g/mol. The van der Waals surface area contributed by atoms with Crippen LogP contribution in [0.2, 0.25) is 0 Å². The van der Waals surface area contributed by atoms with Gasteiger partial charge in [-0.3, -0.25) is 4.79 Å². The monoisotopic (exact) mass is 233 g/mol. The summed E-state index contributed by atoms with van der Waals surface area (Å²) in [4.78, 5) is 11.6. The van der Waals surface area contributed by atoms with E-state index in [-0.39, 0.29) is 11.9 Å². The molecule has 0 saturated carbocycles. The van der Waals surface area contributed by atoms with Gasteiger partial charge in [-0.05, 0) is 37.3 Å². The number of hydrogen-bond acceptors (Lipinski definition) is 1. The van der Waals surface area contributed by atoms with E-state index >= 15 is 0 Å². The summed E-state index contributed by atoms with van der Waals surface area (Å²) in [6, 6.07) is 8.80. The van der Waals surface area contributed by atoms with E-state index in [0.29, 0.717) is 6.42 Å². The van der Waals surface area contributed by atoms with Crippen LogP contribution in [0.25, 0.3) is 0 Å². The van der Waals surface area contributed by atoms with E-state index in [2.05, 4.69) is 43.4 Å². The zero-order valence-electron chi connectivity index (χ0n) is 11.1. The summed E-state index contributed by atoms with van der Waals surface area (Å²) in [6.07, 6.45) is 3.45. The van der Waals surface area contributed by atoms with E-state index < -0.39 is 0 Å². The van der Waals surface area contributed by atoms with E-state index in [4.69, 9.17) is 0 Å². The lowest BCUT2D eigenvalue weighted by molar-refractivity contribution is -0.121. The van der Waals surface area contributed by atoms with Crippen LogP contribution in [-0.2, 0) is 17.6 Å². The van der Waals surface area contributed by atoms with E-state index in [1.807, 2.05) is 6.92 Å². The van der Waals surface area contributed by atoms with E-state index in [1.54, 1.807) is 0 Å². The number of aryl methyl sites for hydroxylation is 2. The molecular formula is C15H23NO. The normalized spacial score (nSPS) is 12.2. The van der Waals surface area contributed by atoms with Crippen molar-refractivity contribution < 1.29 is 4.79 Å². The van der Waals surface area contributed by atoms with Crippen molar-refractivity contribution in [2.24, 2.45) is 0 Å². The van der Waals surface area contributed by atoms with Crippen LogP contribution >= 0.6 is 0 Å². The summed E-state index contributed by atoms with van der Waals surface area (Å²) in [5, 5.41) is 2.98. The van der Waals surface area contributed by atoms with E-state index in [1.165, 1.54) is 11.1 Å². The zero-order chi connectivity index (χ0) is 12.7. The third-order valence-electron chi connectivity index (χ3n) is 3.09. The van der Waals surface area contributed by atoms with Crippen molar-refractivity contribution in [2.45, 2.75) is 52.5 Å². The third kappa shape index (κ3) is 5.03. The molecule has 1 N–H and O–H groups in total. The molecule has 0 aliphatic carbocycles. The van der Waals surface area contributed by atoms with Crippen LogP contribution in [0.5, 0.6) is 0 Å². The first-order valence-electron chi connectivity index (χ1n) is 6.52. The molecule has 2 heteroatoms. The number of hydrogen-bond donors (Lipinski definition) is 1. The van der Waals surface area contributed by atoms with Crippen molar-refractivity contribution >= 4 is 5.91 Å². The second kappa shape index (κ2) is 7.10. The van der Waals surface area contributed by atoms with Crippen LogP contribution in [-0.4, -0.2) is 11.9 Å². The Bertz CT molecular complexity index is 342. The fraction of sp³-hybridized carbons (Fsp3) is 0.533. The highest BCUT2D eigenvalue weighted by atomic mass is 16.1. The Morgan fingerprint density at radius 3 is 2.29 bits per heavy atom. The van der Waals surface area contributed by atoms with Crippen molar-refractivity contribution in [1.82, 2.24) is 5.32 Å². The summed E-state index contributed by atoms with van der Waals surface area (Å²) in [5.41, 5.74) is 2.58. The Balaban J connectivity index is 2.36. The summed E-state index contributed by atoms with van der Waals surface area (Å²) in [6.45, 7) is 6.26. The maximum Gasteiger partial charge on any atom is 0.220 e. The van der Waals surface area contributed by atoms with Gasteiger partial charge in [0.1, 0.15) is 0 Å². The smallest absolute Gasteiger partial charge is 0.220 e. The van der Waals surface area contributed by atoms with Crippen LogP contribution < -0.4 is 5.32 Å². The summed E-state index contributed by atoms with van der Waals surface area (Å²) < 4.78 is 0. The second-order valence-electron chi connectivity index (χ2n) is 4.55. The standard InChI is InChI=1S/C15H23NO/c1-4-12(3)16-15(17)11-10-14-8-6-13(5-2)7-9-14/h6-9,12H,4-5,10-11H2,1-3H3,(H,16,17)/t12-/m1/s1. The van der Waals surface area contributed by atoms with Crippen LogP contribution in [0.4, 0.5) is 0 Å². The molecule has 0 aliphatic rings. The zero-order valence-corrected chi connectivity index (χ0v) is 11.1. The summed E-state index contributed by atoms with van der Waals surface area (Å²) in [5.74, 6) is 0.152. The highest BCUT2D eigenvalue weighted by Crippen LogP contribution is 2.07. The van der Waals surface area contributed by atoms with Crippen LogP contribution in [0.15, 0.2) is 24.3 Å². The van der Waals surface area contributed by atoms with E-state index in [9.17, 15) is 4.79 Å². The van der Waals surface area contributed by atoms with Gasteiger partial charge in [-0.2, -0.15) is 0 Å². The van der Waals surface area contributed by atoms with Gasteiger partial charge < -0.3 is 5.32 Å². The van der Waals surface area contributed by atoms with Gasteiger partial charge in [0.05, 0.1) is 0 Å². The maximum absolute atomic E-state index is 11.6. The van der Waals surface area contributed by atoms with Gasteiger partial charge in [0.25, 0.3) is 0 Å². The third-order valence-corrected chi connectivity index (χ3v) is 3.09. The predicted octanol–water partition coefficient (Wildman–Crippen LogP) is 3.10. The van der Waals surface area contributed by atoms with Gasteiger partial charge in [-0.25, -0.2) is 0 Å². The fourth-order valence-corrected chi connectivity index (χ4v) is 1.65. The summed E-state index contributed by atoms with van der Waals surface area (Å²) in [7, 11) is 0. The lowest BCUT2D eigenvalue weighted by Gasteiger charge is -2.11. The summed E-state index contributed by atoms with van der Waals surface area (Å²) >= 11 is 0. The molecule has 0 saturated heterocycles. The van der Waals surface area contributed by atoms with E-state index in [0.717, 1.165) is 19.3 Å². The van der Waals surface area contributed by atoms with Crippen molar-refractivity contribution in [1.29, 1.82) is 0 Å². The lowest BCUT2D eigenvalue weighted by Crippen LogP contribution is -2.31. The lowest BCUT2D eigenvalue weighted by atomic mass is 10.1. The fourth-order valence-electron chi connectivity index (χ4n) is 1.65. The molecule has 1 aromatic carbocycles. The number of amides is 1. The first-order chi connectivity index (χ1) is 8.15. The van der Waals surface area contributed by atoms with Crippen LogP contribution in [0.3, 0.4) is 0 Å². The van der Waals surface area contributed by atoms with Gasteiger partial charge in [-0.1, -0.05) is 38.1 Å². The molecule has 0 unspecified atom stereocenters. The van der Waals surface area contributed by atoms with Gasteiger partial charge in [-0.15, -0.1) is 0 Å². The minimum absolute atomic E-state index is 0.152. The minimum Gasteiger partial charge on any atom is -0.354 e. The molecule has 1 rings (SSSR count). The van der Waals surface area contributed by atoms with Crippen LogP contribution in [0.1, 0.15) is 44.7 Å².